The summed E-state index contributed by atoms with van der Waals surface area (Å²) in [4.78, 5) is 39.2. The molecule has 32 heavy (non-hydrogen) atoms. The molecule has 0 aliphatic carbocycles. The zero-order valence-corrected chi connectivity index (χ0v) is 18.2. The van der Waals surface area contributed by atoms with E-state index in [0.717, 1.165) is 38.8 Å². The summed E-state index contributed by atoms with van der Waals surface area (Å²) in [6, 6.07) is 14.7. The number of aromatic nitrogens is 3. The van der Waals surface area contributed by atoms with Crippen molar-refractivity contribution in [1.82, 2.24) is 19.7 Å². The van der Waals surface area contributed by atoms with E-state index in [4.69, 9.17) is 4.74 Å². The Labute approximate surface area is 185 Å². The van der Waals surface area contributed by atoms with Crippen LogP contribution >= 0.6 is 0 Å². The minimum Gasteiger partial charge on any atom is -0.376 e. The Morgan fingerprint density at radius 1 is 1.12 bits per heavy atom. The van der Waals surface area contributed by atoms with E-state index in [-0.39, 0.29) is 18.3 Å². The van der Waals surface area contributed by atoms with Crippen LogP contribution in [0.5, 0.6) is 0 Å². The summed E-state index contributed by atoms with van der Waals surface area (Å²) in [6.45, 7) is 4.87. The number of benzene rings is 2. The van der Waals surface area contributed by atoms with Gasteiger partial charge < -0.3 is 10.1 Å². The number of nitrogens with zero attached hydrogens (tertiary/aromatic N) is 3. The predicted molar refractivity (Wildman–Crippen MR) is 120 cm³/mol. The van der Waals surface area contributed by atoms with Gasteiger partial charge in [0.05, 0.1) is 18.3 Å². The number of carbonyl (C=O) groups excluding carboxylic acids is 1. The number of aryl methyl sites for hydroxylation is 2. The molecular weight excluding hydrogens is 408 g/mol. The zero-order valence-electron chi connectivity index (χ0n) is 18.2. The van der Waals surface area contributed by atoms with Crippen LogP contribution in [0.2, 0.25) is 0 Å². The van der Waals surface area contributed by atoms with Crippen molar-refractivity contribution in [3.05, 3.63) is 91.8 Å². The van der Waals surface area contributed by atoms with E-state index in [2.05, 4.69) is 10.4 Å². The molecule has 1 aliphatic heterocycles. The smallest absolute Gasteiger partial charge is 0.352 e. The van der Waals surface area contributed by atoms with Crippen molar-refractivity contribution in [3.63, 3.8) is 0 Å². The average molecular weight is 434 g/mol. The van der Waals surface area contributed by atoms with Crippen molar-refractivity contribution in [3.8, 4) is 5.69 Å². The molecule has 1 amide bonds. The predicted octanol–water partition coefficient (Wildman–Crippen LogP) is 1.97. The first-order valence-corrected chi connectivity index (χ1v) is 10.7. The third-order valence-corrected chi connectivity index (χ3v) is 5.49. The maximum Gasteiger partial charge on any atom is 0.352 e. The molecule has 0 spiro atoms. The number of rotatable bonds is 6. The summed E-state index contributed by atoms with van der Waals surface area (Å²) >= 11 is 0. The highest BCUT2D eigenvalue weighted by Crippen LogP contribution is 2.11. The van der Waals surface area contributed by atoms with Crippen LogP contribution in [0.1, 0.15) is 40.0 Å². The molecule has 0 saturated carbocycles. The molecule has 2 heterocycles. The Kier molecular flexibility index (Phi) is 6.32. The van der Waals surface area contributed by atoms with Crippen LogP contribution in [-0.4, -0.2) is 39.5 Å². The van der Waals surface area contributed by atoms with Crippen molar-refractivity contribution < 1.29 is 9.53 Å². The van der Waals surface area contributed by atoms with Gasteiger partial charge in [0, 0.05) is 13.2 Å². The van der Waals surface area contributed by atoms with Gasteiger partial charge in [0.1, 0.15) is 0 Å². The lowest BCUT2D eigenvalue weighted by atomic mass is 10.1. The number of nitrogens with one attached hydrogen (secondary N) is 1. The molecule has 0 unspecified atom stereocenters. The largest absolute Gasteiger partial charge is 0.376 e. The highest BCUT2D eigenvalue weighted by atomic mass is 16.5. The Hall–Kier alpha value is -3.52. The fourth-order valence-corrected chi connectivity index (χ4v) is 3.74. The summed E-state index contributed by atoms with van der Waals surface area (Å²) in [7, 11) is 0. The van der Waals surface area contributed by atoms with E-state index >= 15 is 0 Å². The molecule has 1 fully saturated rings. The second kappa shape index (κ2) is 9.32. The van der Waals surface area contributed by atoms with Gasteiger partial charge in [-0.1, -0.05) is 47.5 Å². The van der Waals surface area contributed by atoms with Crippen LogP contribution in [-0.2, 0) is 11.3 Å². The highest BCUT2D eigenvalue weighted by molar-refractivity contribution is 5.91. The summed E-state index contributed by atoms with van der Waals surface area (Å²) in [5.74, 6) is -0.621. The molecule has 1 atom stereocenters. The Balaban J connectivity index is 1.76. The van der Waals surface area contributed by atoms with E-state index in [9.17, 15) is 14.4 Å². The molecular formula is C24H26N4O4. The van der Waals surface area contributed by atoms with Gasteiger partial charge in [-0.05, 0) is 44.4 Å². The molecule has 2 aromatic carbocycles. The Bertz CT molecular complexity index is 1240. The molecule has 166 valence electrons. The third kappa shape index (κ3) is 4.70. The Morgan fingerprint density at radius 2 is 1.91 bits per heavy atom. The highest BCUT2D eigenvalue weighted by Gasteiger charge is 2.22. The van der Waals surface area contributed by atoms with Crippen molar-refractivity contribution in [2.45, 2.75) is 39.3 Å². The van der Waals surface area contributed by atoms with Crippen LogP contribution in [0.4, 0.5) is 0 Å². The topological polar surface area (TPSA) is 95.2 Å². The lowest BCUT2D eigenvalue weighted by Gasteiger charge is -2.14. The van der Waals surface area contributed by atoms with Gasteiger partial charge in [-0.3, -0.25) is 14.2 Å². The first-order chi connectivity index (χ1) is 15.4. The lowest BCUT2D eigenvalue weighted by Crippen LogP contribution is -2.46. The molecule has 1 saturated heterocycles. The number of hydrogen-bond donors (Lipinski definition) is 1. The van der Waals surface area contributed by atoms with Gasteiger partial charge in [0.15, 0.2) is 0 Å². The van der Waals surface area contributed by atoms with E-state index in [0.29, 0.717) is 18.8 Å². The van der Waals surface area contributed by atoms with Gasteiger partial charge in [0.25, 0.3) is 11.5 Å². The molecule has 1 N–H and O–H groups in total. The molecule has 1 aliphatic rings. The van der Waals surface area contributed by atoms with E-state index in [1.165, 1.54) is 0 Å². The quantitative estimate of drug-likeness (QED) is 0.640. The normalized spacial score (nSPS) is 15.6. The average Bonchev–Trinajstić information content (AvgIpc) is 3.30. The monoisotopic (exact) mass is 434 g/mol. The van der Waals surface area contributed by atoms with Gasteiger partial charge >= 0.3 is 5.69 Å². The second-order valence-electron chi connectivity index (χ2n) is 8.10. The summed E-state index contributed by atoms with van der Waals surface area (Å²) < 4.78 is 7.70. The maximum atomic E-state index is 13.2. The minimum absolute atomic E-state index is 0.0414. The standard InChI is InChI=1S/C24H26N4O4/c1-16-8-10-19(11-9-16)28-24(31)27(15-18-6-3-5-17(2)13-18)23(30)21(26-28)22(29)25-14-20-7-4-12-32-20/h3,5-6,8-11,13,20H,4,7,12,14-15H2,1-2H3,(H,25,29)/t20-/m1/s1. The summed E-state index contributed by atoms with van der Waals surface area (Å²) in [6.07, 6.45) is 1.73. The van der Waals surface area contributed by atoms with Crippen LogP contribution in [0, 0.1) is 13.8 Å². The van der Waals surface area contributed by atoms with Gasteiger partial charge in [-0.25, -0.2) is 4.79 Å². The summed E-state index contributed by atoms with van der Waals surface area (Å²) in [5.41, 5.74) is 1.65. The van der Waals surface area contributed by atoms with Crippen LogP contribution < -0.4 is 16.6 Å². The fraction of sp³-hybridized carbons (Fsp3) is 0.333. The maximum absolute atomic E-state index is 13.2. The number of carbonyl (C=O) groups is 1. The van der Waals surface area contributed by atoms with Crippen molar-refractivity contribution in [2.75, 3.05) is 13.2 Å². The van der Waals surface area contributed by atoms with E-state index in [1.54, 1.807) is 12.1 Å². The molecule has 1 aromatic heterocycles. The third-order valence-electron chi connectivity index (χ3n) is 5.49. The molecule has 0 radical (unpaired) electrons. The zero-order chi connectivity index (χ0) is 22.7. The van der Waals surface area contributed by atoms with Gasteiger partial charge in [-0.2, -0.15) is 9.78 Å². The van der Waals surface area contributed by atoms with Gasteiger partial charge in [0.2, 0.25) is 5.69 Å². The van der Waals surface area contributed by atoms with E-state index < -0.39 is 17.2 Å². The molecule has 8 heteroatoms. The van der Waals surface area contributed by atoms with Gasteiger partial charge in [-0.15, -0.1) is 0 Å². The van der Waals surface area contributed by atoms with Crippen LogP contribution in [0.3, 0.4) is 0 Å². The second-order valence-corrected chi connectivity index (χ2v) is 8.10. The van der Waals surface area contributed by atoms with Crippen molar-refractivity contribution in [1.29, 1.82) is 0 Å². The fourth-order valence-electron chi connectivity index (χ4n) is 3.74. The first kappa shape index (κ1) is 21.7. The molecule has 0 bridgehead atoms. The van der Waals surface area contributed by atoms with Crippen LogP contribution in [0.15, 0.2) is 58.1 Å². The number of hydrogen-bond acceptors (Lipinski definition) is 5. The SMILES string of the molecule is Cc1ccc(-n2nc(C(=O)NC[C@H]3CCCO3)c(=O)n(Cc3cccc(C)c3)c2=O)cc1. The molecule has 3 aromatic rings. The minimum atomic E-state index is -0.718. The number of amides is 1. The Morgan fingerprint density at radius 3 is 2.59 bits per heavy atom. The van der Waals surface area contributed by atoms with E-state index in [1.807, 2.05) is 50.2 Å². The van der Waals surface area contributed by atoms with Crippen molar-refractivity contribution in [2.24, 2.45) is 0 Å². The van der Waals surface area contributed by atoms with Crippen LogP contribution in [0.25, 0.3) is 5.69 Å². The lowest BCUT2D eigenvalue weighted by molar-refractivity contribution is 0.0849. The summed E-state index contributed by atoms with van der Waals surface area (Å²) in [5, 5.41) is 6.89. The first-order valence-electron chi connectivity index (χ1n) is 10.7. The number of ether oxygens (including phenoxy) is 1. The van der Waals surface area contributed by atoms with Crippen molar-refractivity contribution >= 4 is 5.91 Å². The molecule has 4 rings (SSSR count). The molecule has 8 nitrogen and oxygen atoms in total.